The lowest BCUT2D eigenvalue weighted by Gasteiger charge is -2.30. The summed E-state index contributed by atoms with van der Waals surface area (Å²) in [5.74, 6) is 0.643. The minimum absolute atomic E-state index is 0.0482. The van der Waals surface area contributed by atoms with Gasteiger partial charge in [0.05, 0.1) is 10.6 Å². The van der Waals surface area contributed by atoms with Crippen LogP contribution < -0.4 is 4.90 Å². The fourth-order valence-electron chi connectivity index (χ4n) is 4.05. The monoisotopic (exact) mass is 458 g/mol. The Hall–Kier alpha value is -2.50. The number of amides is 1. The van der Waals surface area contributed by atoms with Crippen molar-refractivity contribution in [1.82, 2.24) is 23.9 Å². The molecule has 2 aliphatic rings. The van der Waals surface area contributed by atoms with Gasteiger partial charge in [0.15, 0.2) is 0 Å². The summed E-state index contributed by atoms with van der Waals surface area (Å²) in [6, 6.07) is 6.91. The van der Waals surface area contributed by atoms with Crippen molar-refractivity contribution in [2.75, 3.05) is 30.3 Å². The van der Waals surface area contributed by atoms with Crippen LogP contribution in [0.2, 0.25) is 0 Å². The largest absolute Gasteiger partial charge is 0.311 e. The smallest absolute Gasteiger partial charge is 0.253 e. The number of aromatic nitrogens is 4. The highest BCUT2D eigenvalue weighted by Crippen LogP contribution is 2.32. The molecule has 1 aromatic carbocycles. The number of carbonyl (C=O) groups excluding carboxylic acids is 1. The summed E-state index contributed by atoms with van der Waals surface area (Å²) in [6.45, 7) is 1.77. The predicted molar refractivity (Wildman–Crippen MR) is 117 cm³/mol. The second-order valence-electron chi connectivity index (χ2n) is 7.60. The number of rotatable bonds is 5. The summed E-state index contributed by atoms with van der Waals surface area (Å²) in [4.78, 5) is 23.4. The average Bonchev–Trinajstić information content (AvgIpc) is 3.46. The molecule has 5 rings (SSSR count). The first-order chi connectivity index (χ1) is 15.0. The molecule has 0 saturated carbocycles. The highest BCUT2D eigenvalue weighted by Gasteiger charge is 2.29. The standard InChI is InChI=1S/C20H22N6O3S2/c27-18(14-30-20-22-19-21-8-4-12-26(19)23-20)25-11-3-5-15-13-16(6-7-17(15)25)31(28,29)24-9-1-2-10-24/h4,6-8,12-13H,1-3,5,9-11,14H2. The zero-order valence-corrected chi connectivity index (χ0v) is 18.5. The maximum Gasteiger partial charge on any atom is 0.253 e. The Morgan fingerprint density at radius 2 is 1.97 bits per heavy atom. The van der Waals surface area contributed by atoms with Crippen LogP contribution in [-0.2, 0) is 21.2 Å². The van der Waals surface area contributed by atoms with Gasteiger partial charge in [0.25, 0.3) is 5.78 Å². The van der Waals surface area contributed by atoms with E-state index in [0.717, 1.165) is 36.9 Å². The molecule has 0 radical (unpaired) electrons. The van der Waals surface area contributed by atoms with Crippen molar-refractivity contribution in [3.8, 4) is 0 Å². The molecule has 0 spiro atoms. The molecule has 0 atom stereocenters. The van der Waals surface area contributed by atoms with Gasteiger partial charge in [-0.15, -0.1) is 5.10 Å². The van der Waals surface area contributed by atoms with Gasteiger partial charge in [-0.3, -0.25) is 4.79 Å². The van der Waals surface area contributed by atoms with Crippen LogP contribution in [0, 0.1) is 0 Å². The summed E-state index contributed by atoms with van der Waals surface area (Å²) >= 11 is 1.27. The van der Waals surface area contributed by atoms with E-state index in [1.54, 1.807) is 50.4 Å². The minimum atomic E-state index is -3.47. The average molecular weight is 459 g/mol. The van der Waals surface area contributed by atoms with Crippen LogP contribution in [0.25, 0.3) is 5.78 Å². The number of fused-ring (bicyclic) bond motifs is 2. The molecule has 3 aromatic rings. The van der Waals surface area contributed by atoms with E-state index in [9.17, 15) is 13.2 Å². The molecule has 0 unspecified atom stereocenters. The summed E-state index contributed by atoms with van der Waals surface area (Å²) in [6.07, 6.45) is 6.77. The van der Waals surface area contributed by atoms with Crippen LogP contribution in [0.1, 0.15) is 24.8 Å². The molecular weight excluding hydrogens is 436 g/mol. The first-order valence-electron chi connectivity index (χ1n) is 10.3. The van der Waals surface area contributed by atoms with E-state index in [4.69, 9.17) is 0 Å². The number of sulfonamides is 1. The van der Waals surface area contributed by atoms with Crippen LogP contribution in [0.5, 0.6) is 0 Å². The van der Waals surface area contributed by atoms with Gasteiger partial charge in [-0.25, -0.2) is 17.9 Å². The van der Waals surface area contributed by atoms with E-state index in [2.05, 4.69) is 15.1 Å². The molecule has 162 valence electrons. The number of hydrogen-bond acceptors (Lipinski definition) is 7. The normalized spacial score (nSPS) is 17.2. The van der Waals surface area contributed by atoms with Gasteiger partial charge < -0.3 is 4.90 Å². The Kier molecular flexibility index (Phi) is 5.40. The van der Waals surface area contributed by atoms with Gasteiger partial charge in [-0.05, 0) is 55.5 Å². The molecule has 9 nitrogen and oxygen atoms in total. The maximum atomic E-state index is 12.9. The van der Waals surface area contributed by atoms with Crippen LogP contribution in [0.15, 0.2) is 46.7 Å². The first kappa shape index (κ1) is 20.4. The van der Waals surface area contributed by atoms with Crippen molar-refractivity contribution < 1.29 is 13.2 Å². The Morgan fingerprint density at radius 1 is 1.13 bits per heavy atom. The van der Waals surface area contributed by atoms with Gasteiger partial charge in [-0.1, -0.05) is 11.8 Å². The van der Waals surface area contributed by atoms with E-state index >= 15 is 0 Å². The number of carbonyl (C=O) groups is 1. The van der Waals surface area contributed by atoms with E-state index < -0.39 is 10.0 Å². The van der Waals surface area contributed by atoms with Gasteiger partial charge in [-0.2, -0.15) is 9.29 Å². The second-order valence-corrected chi connectivity index (χ2v) is 10.5. The molecule has 11 heteroatoms. The Bertz CT molecular complexity index is 1200. The van der Waals surface area contributed by atoms with Crippen molar-refractivity contribution in [2.24, 2.45) is 0 Å². The van der Waals surface area contributed by atoms with Crippen molar-refractivity contribution >= 4 is 39.2 Å². The lowest BCUT2D eigenvalue weighted by atomic mass is 10.0. The zero-order valence-electron chi connectivity index (χ0n) is 16.8. The molecule has 31 heavy (non-hydrogen) atoms. The van der Waals surface area contributed by atoms with Crippen LogP contribution in [0.3, 0.4) is 0 Å². The van der Waals surface area contributed by atoms with Crippen molar-refractivity contribution in [1.29, 1.82) is 0 Å². The third kappa shape index (κ3) is 3.92. The van der Waals surface area contributed by atoms with Crippen LogP contribution in [0.4, 0.5) is 5.69 Å². The molecule has 2 aromatic heterocycles. The van der Waals surface area contributed by atoms with Crippen LogP contribution in [-0.4, -0.2) is 63.6 Å². The maximum absolute atomic E-state index is 12.9. The summed E-state index contributed by atoms with van der Waals surface area (Å²) in [7, 11) is -3.47. The summed E-state index contributed by atoms with van der Waals surface area (Å²) in [5.41, 5.74) is 1.70. The number of thioether (sulfide) groups is 1. The topological polar surface area (TPSA) is 101 Å². The number of hydrogen-bond donors (Lipinski definition) is 0. The first-order valence-corrected chi connectivity index (χ1v) is 12.7. The summed E-state index contributed by atoms with van der Waals surface area (Å²) < 4.78 is 28.9. The number of nitrogens with zero attached hydrogens (tertiary/aromatic N) is 6. The van der Waals surface area contributed by atoms with Gasteiger partial charge in [0.1, 0.15) is 0 Å². The Balaban J connectivity index is 1.32. The number of benzene rings is 1. The van der Waals surface area contributed by atoms with E-state index in [0.29, 0.717) is 35.5 Å². The van der Waals surface area contributed by atoms with Crippen LogP contribution >= 0.6 is 11.8 Å². The van der Waals surface area contributed by atoms with E-state index in [1.807, 2.05) is 0 Å². The SMILES string of the molecule is O=C(CSc1nc2ncccn2n1)N1CCCc2cc(S(=O)(=O)N3CCCC3)ccc21. The zero-order chi connectivity index (χ0) is 21.4. The molecule has 4 heterocycles. The quantitative estimate of drug-likeness (QED) is 0.539. The molecule has 0 bridgehead atoms. The Morgan fingerprint density at radius 3 is 2.77 bits per heavy atom. The molecule has 1 saturated heterocycles. The molecule has 0 N–H and O–H groups in total. The van der Waals surface area contributed by atoms with Crippen molar-refractivity contribution in [3.63, 3.8) is 0 Å². The van der Waals surface area contributed by atoms with Crippen molar-refractivity contribution in [3.05, 3.63) is 42.2 Å². The highest BCUT2D eigenvalue weighted by atomic mass is 32.2. The predicted octanol–water partition coefficient (Wildman–Crippen LogP) is 1.98. The number of aryl methyl sites for hydroxylation is 1. The molecule has 0 aliphatic carbocycles. The fraction of sp³-hybridized carbons (Fsp3) is 0.400. The van der Waals surface area contributed by atoms with Gasteiger partial charge in [0.2, 0.25) is 21.1 Å². The van der Waals surface area contributed by atoms with Gasteiger partial charge >= 0.3 is 0 Å². The molecular formula is C20H22N6O3S2. The fourth-order valence-corrected chi connectivity index (χ4v) is 6.32. The summed E-state index contributed by atoms with van der Waals surface area (Å²) in [5, 5.41) is 4.81. The lowest BCUT2D eigenvalue weighted by molar-refractivity contribution is -0.116. The minimum Gasteiger partial charge on any atom is -0.311 e. The Labute approximate surface area is 184 Å². The molecule has 1 fully saturated rings. The second kappa shape index (κ2) is 8.21. The van der Waals surface area contributed by atoms with Crippen molar-refractivity contribution in [2.45, 2.75) is 35.7 Å². The highest BCUT2D eigenvalue weighted by molar-refractivity contribution is 7.99. The lowest BCUT2D eigenvalue weighted by Crippen LogP contribution is -2.37. The van der Waals surface area contributed by atoms with Gasteiger partial charge in [0, 0.05) is 37.7 Å². The number of anilines is 1. The van der Waals surface area contributed by atoms with E-state index in [1.165, 1.54) is 11.8 Å². The van der Waals surface area contributed by atoms with E-state index in [-0.39, 0.29) is 11.7 Å². The third-order valence-electron chi connectivity index (χ3n) is 5.60. The molecule has 1 amide bonds. The molecule has 2 aliphatic heterocycles. The third-order valence-corrected chi connectivity index (χ3v) is 8.31.